The van der Waals surface area contributed by atoms with Crippen LogP contribution in [0.3, 0.4) is 0 Å². The van der Waals surface area contributed by atoms with Crippen molar-refractivity contribution in [2.24, 2.45) is 0 Å². The molecule has 170 valence electrons. The molecule has 0 amide bonds. The second kappa shape index (κ2) is 8.61. The number of nitrogens with zero attached hydrogens (tertiary/aromatic N) is 5. The average Bonchev–Trinajstić information content (AvgIpc) is 3.37. The van der Waals surface area contributed by atoms with Crippen molar-refractivity contribution in [3.63, 3.8) is 0 Å². The number of thiophene rings is 1. The first-order valence-electron chi connectivity index (χ1n) is 10.4. The van der Waals surface area contributed by atoms with Crippen LogP contribution in [0.4, 0.5) is 19.0 Å². The number of anilines is 1. The molecule has 5 rings (SSSR count). The zero-order valence-corrected chi connectivity index (χ0v) is 18.2. The minimum absolute atomic E-state index is 0.0593. The van der Waals surface area contributed by atoms with Crippen molar-refractivity contribution >= 4 is 38.5 Å². The lowest BCUT2D eigenvalue weighted by Gasteiger charge is -2.32. The summed E-state index contributed by atoms with van der Waals surface area (Å²) in [5.74, 6) is 0.649. The van der Waals surface area contributed by atoms with Gasteiger partial charge in [-0.2, -0.15) is 23.4 Å². The second-order valence-corrected chi connectivity index (χ2v) is 9.19. The lowest BCUT2D eigenvalue weighted by Crippen LogP contribution is -2.38. The summed E-state index contributed by atoms with van der Waals surface area (Å²) in [4.78, 5) is 15.7. The van der Waals surface area contributed by atoms with Gasteiger partial charge in [-0.1, -0.05) is 6.07 Å². The molecule has 1 aliphatic rings. The Kier molecular flexibility index (Phi) is 5.64. The summed E-state index contributed by atoms with van der Waals surface area (Å²) in [5.41, 5.74) is 2.36. The van der Waals surface area contributed by atoms with Crippen LogP contribution in [0, 0.1) is 11.3 Å². The Balaban J connectivity index is 1.21. The molecule has 0 radical (unpaired) electrons. The van der Waals surface area contributed by atoms with Crippen LogP contribution in [0.5, 0.6) is 0 Å². The minimum atomic E-state index is -4.25. The van der Waals surface area contributed by atoms with Gasteiger partial charge in [-0.15, -0.1) is 11.3 Å². The normalized spacial score (nSPS) is 15.8. The number of likely N-dealkylation sites (tertiary alicyclic amines) is 1. The fourth-order valence-electron chi connectivity index (χ4n) is 4.11. The number of oxazole rings is 1. The van der Waals surface area contributed by atoms with Crippen LogP contribution < -0.4 is 5.32 Å². The van der Waals surface area contributed by atoms with Crippen molar-refractivity contribution in [3.05, 3.63) is 46.9 Å². The highest BCUT2D eigenvalue weighted by atomic mass is 32.1. The molecule has 1 saturated heterocycles. The molecule has 0 aliphatic carbocycles. The van der Waals surface area contributed by atoms with Gasteiger partial charge in [-0.05, 0) is 36.6 Å². The maximum Gasteiger partial charge on any atom is 0.393 e. The Labute approximate surface area is 190 Å². The molecule has 4 aromatic rings. The van der Waals surface area contributed by atoms with Gasteiger partial charge >= 0.3 is 12.1 Å². The van der Waals surface area contributed by atoms with E-state index in [1.165, 1.54) is 6.33 Å². The molecule has 1 N–H and O–H groups in total. The van der Waals surface area contributed by atoms with Crippen molar-refractivity contribution in [3.8, 4) is 6.07 Å². The van der Waals surface area contributed by atoms with Gasteiger partial charge in [0.2, 0.25) is 0 Å². The Morgan fingerprint density at radius 3 is 2.79 bits per heavy atom. The first-order chi connectivity index (χ1) is 15.9. The molecule has 3 aromatic heterocycles. The number of hydrogen-bond donors (Lipinski definition) is 1. The first-order valence-corrected chi connectivity index (χ1v) is 11.3. The third-order valence-electron chi connectivity index (χ3n) is 5.64. The van der Waals surface area contributed by atoms with Crippen LogP contribution in [0.25, 0.3) is 21.3 Å². The molecule has 11 heteroatoms. The Bertz CT molecular complexity index is 1330. The van der Waals surface area contributed by atoms with Crippen LogP contribution in [-0.4, -0.2) is 45.2 Å². The van der Waals surface area contributed by atoms with Crippen molar-refractivity contribution in [1.82, 2.24) is 19.9 Å². The maximum absolute atomic E-state index is 12.8. The summed E-state index contributed by atoms with van der Waals surface area (Å²) in [6.45, 7) is 2.49. The van der Waals surface area contributed by atoms with E-state index in [2.05, 4.69) is 25.2 Å². The van der Waals surface area contributed by atoms with Crippen LogP contribution >= 0.6 is 11.3 Å². The lowest BCUT2D eigenvalue weighted by molar-refractivity contribution is -0.126. The van der Waals surface area contributed by atoms with Gasteiger partial charge in [-0.25, -0.2) is 9.97 Å². The van der Waals surface area contributed by atoms with Crippen molar-refractivity contribution in [2.45, 2.75) is 38.0 Å². The summed E-state index contributed by atoms with van der Waals surface area (Å²) in [5, 5.41) is 13.0. The quantitative estimate of drug-likeness (QED) is 0.442. The highest BCUT2D eigenvalue weighted by molar-refractivity contribution is 7.18. The van der Waals surface area contributed by atoms with Crippen LogP contribution in [0.2, 0.25) is 0 Å². The van der Waals surface area contributed by atoms with Gasteiger partial charge in [0, 0.05) is 30.6 Å². The summed E-state index contributed by atoms with van der Waals surface area (Å²) >= 11 is 1.06. The number of piperidine rings is 1. The molecule has 0 spiro atoms. The fraction of sp³-hybridized carbons (Fsp3) is 0.364. The van der Waals surface area contributed by atoms with Gasteiger partial charge < -0.3 is 9.73 Å². The van der Waals surface area contributed by atoms with E-state index in [-0.39, 0.29) is 16.8 Å². The van der Waals surface area contributed by atoms with E-state index in [0.29, 0.717) is 27.1 Å². The Morgan fingerprint density at radius 2 is 2.03 bits per heavy atom. The molecule has 1 aromatic carbocycles. The number of fused-ring (bicyclic) bond motifs is 2. The van der Waals surface area contributed by atoms with E-state index in [9.17, 15) is 13.2 Å². The number of hydrogen-bond acceptors (Lipinski definition) is 8. The largest absolute Gasteiger partial charge is 0.428 e. The summed E-state index contributed by atoms with van der Waals surface area (Å²) in [6, 6.07) is 9.40. The number of nitriles is 1. The average molecular weight is 472 g/mol. The van der Waals surface area contributed by atoms with E-state index in [1.807, 2.05) is 24.3 Å². The van der Waals surface area contributed by atoms with E-state index in [4.69, 9.17) is 9.68 Å². The highest BCUT2D eigenvalue weighted by Gasteiger charge is 2.29. The van der Waals surface area contributed by atoms with E-state index < -0.39 is 12.6 Å². The highest BCUT2D eigenvalue weighted by Crippen LogP contribution is 2.33. The minimum Gasteiger partial charge on any atom is -0.428 e. The molecule has 0 unspecified atom stereocenters. The summed E-state index contributed by atoms with van der Waals surface area (Å²) in [7, 11) is 0. The lowest BCUT2D eigenvalue weighted by atomic mass is 10.0. The molecular formula is C22H19F3N6OS. The predicted molar refractivity (Wildman–Crippen MR) is 118 cm³/mol. The third-order valence-corrected chi connectivity index (χ3v) is 6.68. The van der Waals surface area contributed by atoms with Gasteiger partial charge in [0.25, 0.3) is 0 Å². The summed E-state index contributed by atoms with van der Waals surface area (Å²) < 4.78 is 43.7. The van der Waals surface area contributed by atoms with Gasteiger partial charge in [0.05, 0.1) is 11.8 Å². The molecule has 7 nitrogen and oxygen atoms in total. The molecule has 0 saturated carbocycles. The number of halogens is 3. The molecule has 1 fully saturated rings. The van der Waals surface area contributed by atoms with Crippen LogP contribution in [0.1, 0.15) is 29.2 Å². The molecule has 4 heterocycles. The predicted octanol–water partition coefficient (Wildman–Crippen LogP) is 4.89. The molecule has 0 bridgehead atoms. The Hall–Kier alpha value is -3.23. The molecule has 1 aliphatic heterocycles. The standard InChI is InChI=1S/C22H19F3N6OS/c23-22(24,25)9-15-8-16-20(27-12-28-21(16)33-15)29-14-3-5-31(6-4-14)11-13-1-2-17-18(7-13)32-19(10-26)30-17/h1-2,7-8,12,14H,3-6,9,11H2,(H,27,28,29). The van der Waals surface area contributed by atoms with Crippen molar-refractivity contribution in [1.29, 1.82) is 5.26 Å². The number of benzene rings is 1. The smallest absolute Gasteiger partial charge is 0.393 e. The summed E-state index contributed by atoms with van der Waals surface area (Å²) in [6.07, 6.45) is -2.04. The van der Waals surface area contributed by atoms with E-state index >= 15 is 0 Å². The van der Waals surface area contributed by atoms with Gasteiger partial charge in [0.1, 0.15) is 22.5 Å². The van der Waals surface area contributed by atoms with Crippen LogP contribution in [0.15, 0.2) is 35.0 Å². The van der Waals surface area contributed by atoms with Gasteiger partial charge in [0.15, 0.2) is 11.7 Å². The van der Waals surface area contributed by atoms with Crippen molar-refractivity contribution < 1.29 is 17.6 Å². The fourth-order valence-corrected chi connectivity index (χ4v) is 5.13. The number of rotatable bonds is 5. The van der Waals surface area contributed by atoms with E-state index in [0.717, 1.165) is 49.4 Å². The van der Waals surface area contributed by atoms with Crippen LogP contribution in [-0.2, 0) is 13.0 Å². The van der Waals surface area contributed by atoms with Crippen molar-refractivity contribution in [2.75, 3.05) is 18.4 Å². The monoisotopic (exact) mass is 472 g/mol. The molecular weight excluding hydrogens is 453 g/mol. The molecule has 0 atom stereocenters. The number of aromatic nitrogens is 3. The topological polar surface area (TPSA) is 90.9 Å². The third kappa shape index (κ3) is 4.91. The number of alkyl halides is 3. The number of nitrogens with one attached hydrogen (secondary N) is 1. The van der Waals surface area contributed by atoms with E-state index in [1.54, 1.807) is 6.07 Å². The molecule has 33 heavy (non-hydrogen) atoms. The first kappa shape index (κ1) is 21.6. The SMILES string of the molecule is N#Cc1nc2ccc(CN3CCC(Nc4ncnc5sc(CC(F)(F)F)cc45)CC3)cc2o1. The maximum atomic E-state index is 12.8. The Morgan fingerprint density at radius 1 is 1.21 bits per heavy atom. The van der Waals surface area contributed by atoms with Gasteiger partial charge in [-0.3, -0.25) is 4.90 Å². The second-order valence-electron chi connectivity index (χ2n) is 8.07. The zero-order valence-electron chi connectivity index (χ0n) is 17.4. The zero-order chi connectivity index (χ0) is 23.0.